The van der Waals surface area contributed by atoms with Gasteiger partial charge in [-0.2, -0.15) is 0 Å². The van der Waals surface area contributed by atoms with Crippen LogP contribution in [0, 0.1) is 0 Å². The number of hydrogen-bond donors (Lipinski definition) is 1. The molecule has 1 N–H and O–H groups in total. The van der Waals surface area contributed by atoms with E-state index in [1.807, 2.05) is 19.6 Å². The normalized spacial score (nSPS) is 18.9. The fourth-order valence-electron chi connectivity index (χ4n) is 2.57. The van der Waals surface area contributed by atoms with Crippen molar-refractivity contribution in [1.82, 2.24) is 24.7 Å². The molecule has 5 heteroatoms. The highest BCUT2D eigenvalue weighted by Crippen LogP contribution is 2.15. The first kappa shape index (κ1) is 14.5. The number of rotatable bonds is 5. The van der Waals surface area contributed by atoms with Crippen molar-refractivity contribution < 1.29 is 0 Å². The van der Waals surface area contributed by atoms with Gasteiger partial charge in [0.2, 0.25) is 0 Å². The lowest BCUT2D eigenvalue weighted by molar-refractivity contribution is 0.0617. The number of likely N-dealkylation sites (N-methyl/N-ethyl adjacent to an activating group) is 1. The average Bonchev–Trinajstić information content (AvgIpc) is 2.75. The number of nitrogens with one attached hydrogen (secondary N) is 1. The van der Waals surface area contributed by atoms with Crippen LogP contribution in [0.15, 0.2) is 12.5 Å². The van der Waals surface area contributed by atoms with Crippen molar-refractivity contribution in [1.29, 1.82) is 0 Å². The summed E-state index contributed by atoms with van der Waals surface area (Å²) in [7, 11) is 4.24. The van der Waals surface area contributed by atoms with E-state index in [0.29, 0.717) is 0 Å². The fourth-order valence-corrected chi connectivity index (χ4v) is 2.57. The van der Waals surface area contributed by atoms with Gasteiger partial charge in [0.1, 0.15) is 0 Å². The molecule has 1 aliphatic heterocycles. The quantitative estimate of drug-likeness (QED) is 0.843. The van der Waals surface area contributed by atoms with Gasteiger partial charge in [0.05, 0.1) is 12.0 Å². The Morgan fingerprint density at radius 3 is 2.47 bits per heavy atom. The van der Waals surface area contributed by atoms with E-state index in [-0.39, 0.29) is 5.54 Å². The van der Waals surface area contributed by atoms with Crippen LogP contribution in [0.25, 0.3) is 0 Å². The zero-order chi connectivity index (χ0) is 13.9. The minimum atomic E-state index is 0.208. The summed E-state index contributed by atoms with van der Waals surface area (Å²) in [5.41, 5.74) is 1.44. The molecule has 1 saturated heterocycles. The van der Waals surface area contributed by atoms with Gasteiger partial charge < -0.3 is 14.8 Å². The summed E-state index contributed by atoms with van der Waals surface area (Å²) in [6.45, 7) is 11.2. The molecule has 2 rings (SSSR count). The second-order valence-electron chi connectivity index (χ2n) is 6.20. The highest BCUT2D eigenvalue weighted by atomic mass is 15.3. The number of imidazole rings is 1. The highest BCUT2D eigenvalue weighted by Gasteiger charge is 2.28. The second kappa shape index (κ2) is 6.03. The van der Waals surface area contributed by atoms with E-state index >= 15 is 0 Å². The molecule has 1 aromatic heterocycles. The largest absolute Gasteiger partial charge is 0.337 e. The Morgan fingerprint density at radius 1 is 1.21 bits per heavy atom. The van der Waals surface area contributed by atoms with Crippen molar-refractivity contribution in [3.8, 4) is 0 Å². The molecule has 1 aliphatic rings. The zero-order valence-electron chi connectivity index (χ0n) is 12.7. The number of nitrogens with zero attached hydrogens (tertiary/aromatic N) is 4. The molecule has 108 valence electrons. The summed E-state index contributed by atoms with van der Waals surface area (Å²) < 4.78 is 2.07. The van der Waals surface area contributed by atoms with Crippen molar-refractivity contribution in [2.24, 2.45) is 7.05 Å². The minimum absolute atomic E-state index is 0.208. The first-order chi connectivity index (χ1) is 8.99. The third-order valence-corrected chi connectivity index (χ3v) is 4.14. The Hall–Kier alpha value is -0.910. The van der Waals surface area contributed by atoms with E-state index in [4.69, 9.17) is 0 Å². The van der Waals surface area contributed by atoms with Crippen molar-refractivity contribution in [3.05, 3.63) is 18.2 Å². The van der Waals surface area contributed by atoms with Crippen molar-refractivity contribution >= 4 is 0 Å². The van der Waals surface area contributed by atoms with Gasteiger partial charge in [-0.15, -0.1) is 0 Å². The third kappa shape index (κ3) is 3.78. The molecule has 0 atom stereocenters. The summed E-state index contributed by atoms with van der Waals surface area (Å²) in [6.07, 6.45) is 3.78. The Labute approximate surface area is 116 Å². The fraction of sp³-hybridized carbons (Fsp3) is 0.786. The lowest BCUT2D eigenvalue weighted by Gasteiger charge is -2.43. The third-order valence-electron chi connectivity index (χ3n) is 4.14. The maximum atomic E-state index is 4.14. The van der Waals surface area contributed by atoms with Crippen LogP contribution in [0.1, 0.15) is 19.5 Å². The number of aromatic nitrogens is 2. The lowest BCUT2D eigenvalue weighted by atomic mass is 10.0. The van der Waals surface area contributed by atoms with Gasteiger partial charge in [0.25, 0.3) is 0 Å². The van der Waals surface area contributed by atoms with Gasteiger partial charge in [0.15, 0.2) is 0 Å². The summed E-state index contributed by atoms with van der Waals surface area (Å²) >= 11 is 0. The molecule has 19 heavy (non-hydrogen) atoms. The van der Waals surface area contributed by atoms with Gasteiger partial charge in [-0.3, -0.25) is 4.90 Å². The van der Waals surface area contributed by atoms with Crippen LogP contribution in [-0.2, 0) is 13.6 Å². The van der Waals surface area contributed by atoms with E-state index in [9.17, 15) is 0 Å². The van der Waals surface area contributed by atoms with Crippen LogP contribution in [0.3, 0.4) is 0 Å². The maximum Gasteiger partial charge on any atom is 0.0945 e. The van der Waals surface area contributed by atoms with Gasteiger partial charge in [-0.1, -0.05) is 0 Å². The second-order valence-corrected chi connectivity index (χ2v) is 6.20. The first-order valence-corrected chi connectivity index (χ1v) is 7.08. The summed E-state index contributed by atoms with van der Waals surface area (Å²) in [4.78, 5) is 9.13. The molecule has 0 bridgehead atoms. The van der Waals surface area contributed by atoms with E-state index in [1.54, 1.807) is 0 Å². The molecule has 0 radical (unpaired) electrons. The molecule has 5 nitrogen and oxygen atoms in total. The van der Waals surface area contributed by atoms with Gasteiger partial charge in [0, 0.05) is 58.1 Å². The molecule has 0 amide bonds. The molecule has 0 aliphatic carbocycles. The number of aryl methyl sites for hydroxylation is 1. The summed E-state index contributed by atoms with van der Waals surface area (Å²) in [5.74, 6) is 0. The summed E-state index contributed by atoms with van der Waals surface area (Å²) in [5, 5.41) is 3.56. The standard InChI is InChI=1S/C14H27N5/c1-14(2,19-7-5-17(3)6-8-19)11-15-9-13-10-16-12-18(13)4/h10,12,15H,5-9,11H2,1-4H3. The van der Waals surface area contributed by atoms with Crippen molar-refractivity contribution in [2.75, 3.05) is 39.8 Å². The van der Waals surface area contributed by atoms with Gasteiger partial charge in [-0.25, -0.2) is 4.98 Å². The lowest BCUT2D eigenvalue weighted by Crippen LogP contribution is -2.57. The van der Waals surface area contributed by atoms with Crippen LogP contribution >= 0.6 is 0 Å². The smallest absolute Gasteiger partial charge is 0.0945 e. The van der Waals surface area contributed by atoms with E-state index in [2.05, 4.69) is 45.6 Å². The zero-order valence-corrected chi connectivity index (χ0v) is 12.7. The van der Waals surface area contributed by atoms with Gasteiger partial charge >= 0.3 is 0 Å². The SMILES string of the molecule is CN1CCN(C(C)(C)CNCc2cncn2C)CC1. The molecular weight excluding hydrogens is 238 g/mol. The van der Waals surface area contributed by atoms with E-state index in [1.165, 1.54) is 18.8 Å². The molecule has 1 fully saturated rings. The Bertz CT molecular complexity index is 390. The number of hydrogen-bond acceptors (Lipinski definition) is 4. The predicted octanol–water partition coefficient (Wildman–Crippen LogP) is 0.536. The Morgan fingerprint density at radius 2 is 1.89 bits per heavy atom. The van der Waals surface area contributed by atoms with Crippen LogP contribution in [-0.4, -0.2) is 64.7 Å². The number of piperazine rings is 1. The first-order valence-electron chi connectivity index (χ1n) is 7.08. The van der Waals surface area contributed by atoms with Crippen LogP contribution < -0.4 is 5.32 Å². The predicted molar refractivity (Wildman–Crippen MR) is 78.1 cm³/mol. The van der Waals surface area contributed by atoms with Crippen LogP contribution in [0.5, 0.6) is 0 Å². The van der Waals surface area contributed by atoms with E-state index < -0.39 is 0 Å². The Balaban J connectivity index is 1.79. The molecule has 1 aromatic rings. The molecule has 0 saturated carbocycles. The minimum Gasteiger partial charge on any atom is -0.337 e. The van der Waals surface area contributed by atoms with E-state index in [0.717, 1.165) is 26.2 Å². The average molecular weight is 265 g/mol. The summed E-state index contributed by atoms with van der Waals surface area (Å²) in [6, 6.07) is 0. The maximum absolute atomic E-state index is 4.14. The molecule has 0 spiro atoms. The highest BCUT2D eigenvalue weighted by molar-refractivity contribution is 4.97. The van der Waals surface area contributed by atoms with Crippen molar-refractivity contribution in [3.63, 3.8) is 0 Å². The van der Waals surface area contributed by atoms with Crippen LogP contribution in [0.2, 0.25) is 0 Å². The molecule has 2 heterocycles. The molecule has 0 aromatic carbocycles. The topological polar surface area (TPSA) is 36.3 Å². The van der Waals surface area contributed by atoms with Gasteiger partial charge in [-0.05, 0) is 20.9 Å². The Kier molecular flexibility index (Phi) is 4.60. The molecular formula is C14H27N5. The monoisotopic (exact) mass is 265 g/mol. The molecule has 0 unspecified atom stereocenters. The van der Waals surface area contributed by atoms with Crippen LogP contribution in [0.4, 0.5) is 0 Å². The van der Waals surface area contributed by atoms with Crippen molar-refractivity contribution in [2.45, 2.75) is 25.9 Å².